The van der Waals surface area contributed by atoms with Crippen LogP contribution < -0.4 is 21.5 Å². The summed E-state index contributed by atoms with van der Waals surface area (Å²) in [5.41, 5.74) is -1.32. The van der Waals surface area contributed by atoms with E-state index in [0.717, 1.165) is 4.68 Å². The molecule has 0 unspecified atom stereocenters. The Labute approximate surface area is 189 Å². The van der Waals surface area contributed by atoms with Crippen LogP contribution in [0.15, 0.2) is 75.2 Å². The Balaban J connectivity index is 1.73. The maximum absolute atomic E-state index is 12.2. The van der Waals surface area contributed by atoms with Crippen LogP contribution >= 0.6 is 23.2 Å². The first kappa shape index (κ1) is 21.6. The number of aromatic nitrogens is 4. The summed E-state index contributed by atoms with van der Waals surface area (Å²) in [6, 6.07) is 14.5. The highest BCUT2D eigenvalue weighted by Gasteiger charge is 2.15. The van der Waals surface area contributed by atoms with Crippen molar-refractivity contribution in [1.29, 1.82) is 0 Å². The molecule has 11 heteroatoms. The summed E-state index contributed by atoms with van der Waals surface area (Å²) in [4.78, 5) is 38.0. The molecular formula is C21H14Cl2N4O5. The van der Waals surface area contributed by atoms with Gasteiger partial charge in [0.2, 0.25) is 0 Å². The van der Waals surface area contributed by atoms with Crippen molar-refractivity contribution in [3.63, 3.8) is 0 Å². The van der Waals surface area contributed by atoms with Gasteiger partial charge in [-0.05, 0) is 30.3 Å². The lowest BCUT2D eigenvalue weighted by Crippen LogP contribution is -2.34. The number of aromatic amines is 1. The van der Waals surface area contributed by atoms with E-state index in [9.17, 15) is 19.5 Å². The summed E-state index contributed by atoms with van der Waals surface area (Å²) in [7, 11) is 0. The number of nitrogens with one attached hydrogen (secondary N) is 1. The fourth-order valence-corrected chi connectivity index (χ4v) is 3.47. The molecule has 162 valence electrons. The van der Waals surface area contributed by atoms with Crippen molar-refractivity contribution in [3.05, 3.63) is 108 Å². The molecule has 0 aliphatic heterocycles. The second kappa shape index (κ2) is 8.83. The van der Waals surface area contributed by atoms with Crippen molar-refractivity contribution in [1.82, 2.24) is 19.3 Å². The Bertz CT molecular complexity index is 1460. The summed E-state index contributed by atoms with van der Waals surface area (Å²) in [6.07, 6.45) is 1.50. The molecule has 2 aromatic heterocycles. The first-order valence-corrected chi connectivity index (χ1v) is 9.92. The molecule has 0 atom stereocenters. The number of benzene rings is 2. The largest absolute Gasteiger partial charge is 0.453 e. The Kier molecular flexibility index (Phi) is 5.95. The molecule has 0 aliphatic rings. The maximum atomic E-state index is 12.2. The van der Waals surface area contributed by atoms with Gasteiger partial charge in [-0.1, -0.05) is 41.4 Å². The van der Waals surface area contributed by atoms with E-state index in [-0.39, 0.29) is 32.7 Å². The predicted molar refractivity (Wildman–Crippen MR) is 119 cm³/mol. The van der Waals surface area contributed by atoms with Crippen molar-refractivity contribution in [2.45, 2.75) is 6.61 Å². The first-order valence-electron chi connectivity index (χ1n) is 9.16. The second-order valence-electron chi connectivity index (χ2n) is 6.53. The minimum Gasteiger partial charge on any atom is -0.453 e. The topological polar surface area (TPSA) is 119 Å². The molecule has 4 rings (SSSR count). The van der Waals surface area contributed by atoms with E-state index in [0.29, 0.717) is 11.4 Å². The third-order valence-electron chi connectivity index (χ3n) is 4.41. The molecule has 0 saturated heterocycles. The van der Waals surface area contributed by atoms with E-state index in [1.807, 2.05) is 6.07 Å². The van der Waals surface area contributed by atoms with E-state index < -0.39 is 17.9 Å². The van der Waals surface area contributed by atoms with Crippen molar-refractivity contribution in [2.24, 2.45) is 0 Å². The number of halogens is 2. The molecule has 0 bridgehead atoms. The average molecular weight is 473 g/mol. The summed E-state index contributed by atoms with van der Waals surface area (Å²) in [5, 5.41) is 13.2. The lowest BCUT2D eigenvalue weighted by Gasteiger charge is -2.13. The lowest BCUT2D eigenvalue weighted by molar-refractivity contribution is 0.271. The SMILES string of the molecule is O=c1[nH]c(=O)n(-c2cc(Cl)c(Oc3ccc(=O)n(-c4ccccc4)c3)c(Cl)c2)nc1CO. The van der Waals surface area contributed by atoms with Crippen LogP contribution in [0.5, 0.6) is 11.5 Å². The van der Waals surface area contributed by atoms with Crippen LogP contribution in [0.3, 0.4) is 0 Å². The van der Waals surface area contributed by atoms with Crippen LogP contribution in [-0.2, 0) is 6.61 Å². The van der Waals surface area contributed by atoms with Crippen molar-refractivity contribution in [2.75, 3.05) is 0 Å². The van der Waals surface area contributed by atoms with Gasteiger partial charge in [-0.15, -0.1) is 0 Å². The van der Waals surface area contributed by atoms with Gasteiger partial charge in [-0.25, -0.2) is 4.79 Å². The molecule has 9 nitrogen and oxygen atoms in total. The van der Waals surface area contributed by atoms with Crippen LogP contribution in [0.1, 0.15) is 5.69 Å². The van der Waals surface area contributed by atoms with Crippen LogP contribution in [0.2, 0.25) is 10.0 Å². The molecule has 32 heavy (non-hydrogen) atoms. The molecule has 2 N–H and O–H groups in total. The van der Waals surface area contributed by atoms with Gasteiger partial charge in [0.1, 0.15) is 5.75 Å². The Morgan fingerprint density at radius 1 is 0.969 bits per heavy atom. The zero-order valence-corrected chi connectivity index (χ0v) is 17.7. The Morgan fingerprint density at radius 3 is 2.31 bits per heavy atom. The Hall–Kier alpha value is -3.66. The number of nitrogens with zero attached hydrogens (tertiary/aromatic N) is 3. The number of aliphatic hydroxyl groups excluding tert-OH is 1. The summed E-state index contributed by atoms with van der Waals surface area (Å²) < 4.78 is 8.07. The second-order valence-corrected chi connectivity index (χ2v) is 7.34. The Morgan fingerprint density at radius 2 is 1.66 bits per heavy atom. The molecule has 2 aromatic carbocycles. The van der Waals surface area contributed by atoms with Gasteiger partial charge in [-0.3, -0.25) is 19.1 Å². The molecule has 0 spiro atoms. The number of H-pyrrole nitrogens is 1. The van der Waals surface area contributed by atoms with Crippen molar-refractivity contribution < 1.29 is 9.84 Å². The van der Waals surface area contributed by atoms with Gasteiger partial charge in [0.15, 0.2) is 11.4 Å². The highest BCUT2D eigenvalue weighted by Crippen LogP contribution is 2.37. The normalized spacial score (nSPS) is 10.8. The first-order chi connectivity index (χ1) is 15.4. The standard InChI is InChI=1S/C21H14Cl2N4O5/c22-15-8-13(27-21(31)24-20(30)17(11-28)25-27)9-16(23)19(15)32-14-6-7-18(29)26(10-14)12-4-2-1-3-5-12/h1-10,28H,11H2,(H,24,30,31). The average Bonchev–Trinajstić information content (AvgIpc) is 2.78. The molecular weight excluding hydrogens is 459 g/mol. The van der Waals surface area contributed by atoms with Crippen LogP contribution in [0.4, 0.5) is 0 Å². The molecule has 0 fully saturated rings. The van der Waals surface area contributed by atoms with Crippen LogP contribution in [0.25, 0.3) is 11.4 Å². The minimum atomic E-state index is -0.831. The van der Waals surface area contributed by atoms with E-state index in [4.69, 9.17) is 27.9 Å². The maximum Gasteiger partial charge on any atom is 0.349 e. The number of hydrogen-bond donors (Lipinski definition) is 2. The molecule has 0 amide bonds. The minimum absolute atomic E-state index is 0.0513. The predicted octanol–water partition coefficient (Wildman–Crippen LogP) is 2.66. The molecule has 2 heterocycles. The van der Waals surface area contributed by atoms with Crippen molar-refractivity contribution in [3.8, 4) is 22.9 Å². The highest BCUT2D eigenvalue weighted by atomic mass is 35.5. The van der Waals surface area contributed by atoms with Crippen LogP contribution in [-0.4, -0.2) is 24.4 Å². The van der Waals surface area contributed by atoms with Crippen LogP contribution in [0, 0.1) is 0 Å². The summed E-state index contributed by atoms with van der Waals surface area (Å²) in [5.74, 6) is 0.391. The number of pyridine rings is 1. The monoisotopic (exact) mass is 472 g/mol. The van der Waals surface area contributed by atoms with E-state index >= 15 is 0 Å². The smallest absolute Gasteiger partial charge is 0.349 e. The molecule has 0 radical (unpaired) electrons. The molecule has 4 aromatic rings. The highest BCUT2D eigenvalue weighted by molar-refractivity contribution is 6.37. The fraction of sp³-hybridized carbons (Fsp3) is 0.0476. The van der Waals surface area contributed by atoms with E-state index in [1.165, 1.54) is 35.0 Å². The lowest BCUT2D eigenvalue weighted by atomic mass is 10.3. The molecule has 0 saturated carbocycles. The number of ether oxygens (including phenoxy) is 1. The summed E-state index contributed by atoms with van der Waals surface area (Å²) in [6.45, 7) is -0.657. The van der Waals surface area contributed by atoms with Gasteiger partial charge in [0, 0.05) is 11.8 Å². The van der Waals surface area contributed by atoms with Crippen molar-refractivity contribution >= 4 is 23.2 Å². The van der Waals surface area contributed by atoms with Gasteiger partial charge >= 0.3 is 5.69 Å². The van der Waals surface area contributed by atoms with E-state index in [1.54, 1.807) is 24.3 Å². The van der Waals surface area contributed by atoms with Gasteiger partial charge < -0.3 is 9.84 Å². The van der Waals surface area contributed by atoms with Gasteiger partial charge in [0.25, 0.3) is 11.1 Å². The number of para-hydroxylation sites is 1. The fourth-order valence-electron chi connectivity index (χ4n) is 2.91. The zero-order valence-electron chi connectivity index (χ0n) is 16.2. The third kappa shape index (κ3) is 4.22. The van der Waals surface area contributed by atoms with Gasteiger partial charge in [-0.2, -0.15) is 9.78 Å². The number of aliphatic hydroxyl groups is 1. The number of rotatable bonds is 5. The molecule has 0 aliphatic carbocycles. The zero-order chi connectivity index (χ0) is 22.8. The summed E-state index contributed by atoms with van der Waals surface area (Å²) >= 11 is 12.7. The van der Waals surface area contributed by atoms with E-state index in [2.05, 4.69) is 10.1 Å². The van der Waals surface area contributed by atoms with Gasteiger partial charge in [0.05, 0.1) is 28.5 Å². The third-order valence-corrected chi connectivity index (χ3v) is 4.97. The number of hydrogen-bond acceptors (Lipinski definition) is 6. The quantitative estimate of drug-likeness (QED) is 0.460.